The number of nitrogens with two attached hydrogens (primary N) is 1. The van der Waals surface area contributed by atoms with Crippen molar-refractivity contribution in [3.8, 4) is 0 Å². The summed E-state index contributed by atoms with van der Waals surface area (Å²) in [7, 11) is 0. The molecule has 3 nitrogen and oxygen atoms in total. The second-order valence-corrected chi connectivity index (χ2v) is 3.76. The first kappa shape index (κ1) is 11.2. The van der Waals surface area contributed by atoms with Crippen LogP contribution in [0.5, 0.6) is 0 Å². The molecule has 0 amide bonds. The van der Waals surface area contributed by atoms with Crippen LogP contribution in [0.25, 0.3) is 16.8 Å². The number of rotatable bonds is 2. The first-order valence-electron chi connectivity index (χ1n) is 5.25. The average Bonchev–Trinajstić information content (AvgIpc) is 2.29. The molecule has 0 bridgehead atoms. The molecule has 0 saturated heterocycles. The Hall–Kier alpha value is -2.29. The van der Waals surface area contributed by atoms with E-state index in [-0.39, 0.29) is 5.63 Å². The van der Waals surface area contributed by atoms with E-state index in [1.807, 2.05) is 12.1 Å². The van der Waals surface area contributed by atoms with Gasteiger partial charge in [-0.15, -0.1) is 0 Å². The van der Waals surface area contributed by atoms with Crippen molar-refractivity contribution in [3.63, 3.8) is 0 Å². The fourth-order valence-electron chi connectivity index (χ4n) is 1.78. The fraction of sp³-hybridized carbons (Fsp3) is 0.0714. The minimum absolute atomic E-state index is 0.361. The zero-order valence-corrected chi connectivity index (χ0v) is 9.57. The standard InChI is InChI=1S/C14H13NO2/c1-3-4-5-11-9(2)17-14(16)13-8-10(15)6-7-12(11)13/h3-8H,1,15H2,2H3/b5-4-. The van der Waals surface area contributed by atoms with Gasteiger partial charge in [0.15, 0.2) is 0 Å². The van der Waals surface area contributed by atoms with Gasteiger partial charge in [0, 0.05) is 11.3 Å². The molecule has 1 heterocycles. The van der Waals surface area contributed by atoms with Gasteiger partial charge < -0.3 is 10.2 Å². The molecule has 0 spiro atoms. The fourth-order valence-corrected chi connectivity index (χ4v) is 1.78. The van der Waals surface area contributed by atoms with Gasteiger partial charge in [-0.2, -0.15) is 0 Å². The van der Waals surface area contributed by atoms with Crippen molar-refractivity contribution < 1.29 is 4.42 Å². The maximum atomic E-state index is 11.7. The van der Waals surface area contributed by atoms with E-state index in [2.05, 4.69) is 6.58 Å². The minimum Gasteiger partial charge on any atom is -0.427 e. The number of nitrogen functional groups attached to an aromatic ring is 1. The van der Waals surface area contributed by atoms with E-state index in [4.69, 9.17) is 10.2 Å². The summed E-state index contributed by atoms with van der Waals surface area (Å²) in [5, 5.41) is 1.34. The lowest BCUT2D eigenvalue weighted by molar-refractivity contribution is 0.487. The van der Waals surface area contributed by atoms with E-state index >= 15 is 0 Å². The summed E-state index contributed by atoms with van der Waals surface area (Å²) in [6, 6.07) is 5.23. The molecule has 0 saturated carbocycles. The van der Waals surface area contributed by atoms with E-state index in [1.54, 1.807) is 31.2 Å². The SMILES string of the molecule is C=C/C=C\c1c(C)oc(=O)c2cc(N)ccc12. The van der Waals surface area contributed by atoms with Crippen LogP contribution in [0, 0.1) is 6.92 Å². The largest absolute Gasteiger partial charge is 0.427 e. The Kier molecular flexibility index (Phi) is 2.83. The summed E-state index contributed by atoms with van der Waals surface area (Å²) in [5.74, 6) is 0.588. The topological polar surface area (TPSA) is 56.2 Å². The summed E-state index contributed by atoms with van der Waals surface area (Å²) in [5.41, 5.74) is 6.73. The molecule has 2 aromatic rings. The van der Waals surface area contributed by atoms with Crippen LogP contribution >= 0.6 is 0 Å². The number of fused-ring (bicyclic) bond motifs is 1. The molecule has 86 valence electrons. The summed E-state index contributed by atoms with van der Waals surface area (Å²) >= 11 is 0. The van der Waals surface area contributed by atoms with Crippen molar-refractivity contribution in [1.29, 1.82) is 0 Å². The molecule has 1 aromatic heterocycles. The van der Waals surface area contributed by atoms with E-state index < -0.39 is 0 Å². The molecule has 0 aliphatic rings. The van der Waals surface area contributed by atoms with Crippen LogP contribution in [-0.4, -0.2) is 0 Å². The highest BCUT2D eigenvalue weighted by molar-refractivity contribution is 5.92. The van der Waals surface area contributed by atoms with Crippen LogP contribution in [0.2, 0.25) is 0 Å². The number of hydrogen-bond acceptors (Lipinski definition) is 3. The highest BCUT2D eigenvalue weighted by Gasteiger charge is 2.08. The molecule has 17 heavy (non-hydrogen) atoms. The molecule has 3 heteroatoms. The number of aryl methyl sites for hydroxylation is 1. The maximum Gasteiger partial charge on any atom is 0.343 e. The summed E-state index contributed by atoms with van der Waals surface area (Å²) in [4.78, 5) is 11.7. The molecule has 0 fully saturated rings. The molecular formula is C14H13NO2. The average molecular weight is 227 g/mol. The Morgan fingerprint density at radius 1 is 1.35 bits per heavy atom. The first-order chi connectivity index (χ1) is 8.13. The van der Waals surface area contributed by atoms with Crippen LogP contribution in [0.3, 0.4) is 0 Å². The molecule has 2 N–H and O–H groups in total. The van der Waals surface area contributed by atoms with Crippen LogP contribution in [0.1, 0.15) is 11.3 Å². The second-order valence-electron chi connectivity index (χ2n) is 3.76. The van der Waals surface area contributed by atoms with Crippen molar-refractivity contribution >= 4 is 22.5 Å². The van der Waals surface area contributed by atoms with Crippen LogP contribution in [-0.2, 0) is 0 Å². The van der Waals surface area contributed by atoms with Gasteiger partial charge in [-0.3, -0.25) is 0 Å². The van der Waals surface area contributed by atoms with Crippen LogP contribution in [0.15, 0.2) is 46.1 Å². The lowest BCUT2D eigenvalue weighted by atomic mass is 10.0. The summed E-state index contributed by atoms with van der Waals surface area (Å²) in [6.45, 7) is 5.38. The summed E-state index contributed by atoms with van der Waals surface area (Å²) < 4.78 is 5.18. The second kappa shape index (κ2) is 4.29. The Bertz CT molecular complexity index is 666. The van der Waals surface area contributed by atoms with Crippen LogP contribution in [0.4, 0.5) is 5.69 Å². The number of anilines is 1. The minimum atomic E-state index is -0.361. The smallest absolute Gasteiger partial charge is 0.343 e. The van der Waals surface area contributed by atoms with Gasteiger partial charge in [0.05, 0.1) is 5.39 Å². The highest BCUT2D eigenvalue weighted by atomic mass is 16.4. The van der Waals surface area contributed by atoms with E-state index in [0.717, 1.165) is 10.9 Å². The monoisotopic (exact) mass is 227 g/mol. The van der Waals surface area contributed by atoms with Crippen molar-refractivity contribution in [2.75, 3.05) is 5.73 Å². The molecule has 0 aliphatic heterocycles. The molecule has 2 rings (SSSR count). The van der Waals surface area contributed by atoms with E-state index in [0.29, 0.717) is 16.8 Å². The van der Waals surface area contributed by atoms with Crippen LogP contribution < -0.4 is 11.4 Å². The van der Waals surface area contributed by atoms with Gasteiger partial charge in [-0.25, -0.2) is 4.79 Å². The molecular weight excluding hydrogens is 214 g/mol. The molecule has 0 atom stereocenters. The number of benzene rings is 1. The molecule has 0 radical (unpaired) electrons. The van der Waals surface area contributed by atoms with Gasteiger partial charge >= 0.3 is 5.63 Å². The number of hydrogen-bond donors (Lipinski definition) is 1. The van der Waals surface area contributed by atoms with Crippen molar-refractivity contribution in [1.82, 2.24) is 0 Å². The maximum absolute atomic E-state index is 11.7. The predicted molar refractivity (Wildman–Crippen MR) is 70.9 cm³/mol. The van der Waals surface area contributed by atoms with Gasteiger partial charge in [-0.05, 0) is 24.4 Å². The Morgan fingerprint density at radius 2 is 2.12 bits per heavy atom. The Labute approximate surface area is 98.9 Å². The van der Waals surface area contributed by atoms with Gasteiger partial charge in [0.25, 0.3) is 0 Å². The first-order valence-corrected chi connectivity index (χ1v) is 5.25. The van der Waals surface area contributed by atoms with Gasteiger partial charge in [0.2, 0.25) is 0 Å². The van der Waals surface area contributed by atoms with Gasteiger partial charge in [-0.1, -0.05) is 30.9 Å². The normalized spacial score (nSPS) is 11.1. The van der Waals surface area contributed by atoms with Crippen molar-refractivity contribution in [2.24, 2.45) is 0 Å². The summed E-state index contributed by atoms with van der Waals surface area (Å²) in [6.07, 6.45) is 5.34. The van der Waals surface area contributed by atoms with Gasteiger partial charge in [0.1, 0.15) is 5.76 Å². The van der Waals surface area contributed by atoms with Crippen molar-refractivity contribution in [2.45, 2.75) is 6.92 Å². The third-order valence-electron chi connectivity index (χ3n) is 2.58. The zero-order chi connectivity index (χ0) is 12.4. The number of allylic oxidation sites excluding steroid dienone is 2. The van der Waals surface area contributed by atoms with Crippen molar-refractivity contribution in [3.05, 3.63) is 58.7 Å². The third kappa shape index (κ3) is 1.99. The molecule has 0 unspecified atom stereocenters. The lowest BCUT2D eigenvalue weighted by Crippen LogP contribution is -2.03. The van der Waals surface area contributed by atoms with E-state index in [9.17, 15) is 4.79 Å². The molecule has 1 aromatic carbocycles. The highest BCUT2D eigenvalue weighted by Crippen LogP contribution is 2.22. The zero-order valence-electron chi connectivity index (χ0n) is 9.57. The Balaban J connectivity index is 2.87. The quantitative estimate of drug-likeness (QED) is 0.634. The lowest BCUT2D eigenvalue weighted by Gasteiger charge is -2.05. The van der Waals surface area contributed by atoms with E-state index in [1.165, 1.54) is 0 Å². The Morgan fingerprint density at radius 3 is 2.82 bits per heavy atom. The molecule has 0 aliphatic carbocycles. The third-order valence-corrected chi connectivity index (χ3v) is 2.58. The predicted octanol–water partition coefficient (Wildman–Crippen LogP) is 2.88.